The lowest BCUT2D eigenvalue weighted by Crippen LogP contribution is -2.60. The maximum Gasteiger partial charge on any atom is 0.467 e. The minimum Gasteiger partial charge on any atom is -0.382 e. The van der Waals surface area contributed by atoms with Gasteiger partial charge >= 0.3 is 8.32 Å². The summed E-state index contributed by atoms with van der Waals surface area (Å²) in [7, 11) is 1.91. The van der Waals surface area contributed by atoms with E-state index in [1.54, 1.807) is 21.3 Å². The van der Waals surface area contributed by atoms with Gasteiger partial charge in [0.25, 0.3) is 0 Å². The van der Waals surface area contributed by atoms with Crippen molar-refractivity contribution in [2.24, 2.45) is 0 Å². The van der Waals surface area contributed by atoms with Gasteiger partial charge in [0.15, 0.2) is 0 Å². The van der Waals surface area contributed by atoms with Gasteiger partial charge in [-0.05, 0) is 0 Å². The number of methoxy groups -OCH3 is 3. The van der Waals surface area contributed by atoms with Crippen LogP contribution in [0.15, 0.2) is 12.3 Å². The van der Waals surface area contributed by atoms with Crippen LogP contribution in [0.25, 0.3) is 0 Å². The van der Waals surface area contributed by atoms with Crippen LogP contribution < -0.4 is 0 Å². The second kappa shape index (κ2) is 12.9. The predicted octanol–water partition coefficient (Wildman–Crippen LogP) is -1.19. The first-order valence-electron chi connectivity index (χ1n) is 6.68. The summed E-state index contributed by atoms with van der Waals surface area (Å²) in [6.45, 7) is 6.90. The Morgan fingerprint density at radius 3 is 1.45 bits per heavy atom. The molecule has 0 spiro atoms. The average molecular weight is 341 g/mol. The van der Waals surface area contributed by atoms with Gasteiger partial charge in [0.05, 0.1) is 39.6 Å². The molecule has 0 aliphatic rings. The van der Waals surface area contributed by atoms with Crippen LogP contribution >= 0.6 is 0 Å². The summed E-state index contributed by atoms with van der Waals surface area (Å²) in [6, 6.07) is 0. The molecule has 0 heterocycles. The van der Waals surface area contributed by atoms with Gasteiger partial charge in [0.1, 0.15) is 7.83 Å². The van der Waals surface area contributed by atoms with Crippen LogP contribution in [0.1, 0.15) is 0 Å². The van der Waals surface area contributed by atoms with E-state index in [4.69, 9.17) is 27.5 Å². The van der Waals surface area contributed by atoms with Gasteiger partial charge < -0.3 is 27.5 Å². The van der Waals surface area contributed by atoms with Gasteiger partial charge in [-0.3, -0.25) is 0 Å². The van der Waals surface area contributed by atoms with Crippen molar-refractivity contribution in [1.82, 2.24) is 0 Å². The third-order valence-electron chi connectivity index (χ3n) is 2.68. The molecule has 0 aliphatic heterocycles. The largest absolute Gasteiger partial charge is 0.467 e. The highest BCUT2D eigenvalue weighted by Crippen LogP contribution is 2.13. The molecule has 0 saturated heterocycles. The van der Waals surface area contributed by atoms with Crippen LogP contribution in [-0.2, 0) is 27.5 Å². The number of hydrogen-bond donors (Lipinski definition) is 0. The fraction of sp³-hybridized carbons (Fsp3) is 0.818. The maximum absolute atomic E-state index is 6.00. The summed E-state index contributed by atoms with van der Waals surface area (Å²) in [4.78, 5) is 0. The van der Waals surface area contributed by atoms with E-state index < -0.39 is 16.2 Å². The van der Waals surface area contributed by atoms with E-state index in [0.29, 0.717) is 39.6 Å². The summed E-state index contributed by atoms with van der Waals surface area (Å²) < 4.78 is 33.1. The van der Waals surface area contributed by atoms with E-state index in [1.807, 2.05) is 5.70 Å². The lowest BCUT2D eigenvalue weighted by atomic mass is 10.8. The van der Waals surface area contributed by atoms with Gasteiger partial charge in [-0.1, -0.05) is 0 Å². The number of rotatable bonds is 14. The zero-order valence-electron chi connectivity index (χ0n) is 13.1. The highest BCUT2D eigenvalue weighted by Gasteiger charge is 2.46. The van der Waals surface area contributed by atoms with Crippen LogP contribution in [-0.4, -0.2) is 86.9 Å². The van der Waals surface area contributed by atoms with Gasteiger partial charge in [-0.2, -0.15) is 0 Å². The van der Waals surface area contributed by atoms with E-state index in [9.17, 15) is 0 Å². The SMILES string of the molecule is C=C[SiH]([SiH3])[Si](OCCOC)(OCCOC)OCCOC. The summed E-state index contributed by atoms with van der Waals surface area (Å²) in [5, 5.41) is 0. The summed E-state index contributed by atoms with van der Waals surface area (Å²) >= 11 is 0. The molecular weight excluding hydrogens is 312 g/mol. The zero-order chi connectivity index (χ0) is 15.3. The Bertz CT molecular complexity index is 218. The Balaban J connectivity index is 4.70. The molecule has 0 saturated carbocycles. The molecule has 0 rings (SSSR count). The van der Waals surface area contributed by atoms with E-state index in [0.717, 1.165) is 9.76 Å². The Morgan fingerprint density at radius 2 is 1.20 bits per heavy atom. The minimum atomic E-state index is -2.67. The van der Waals surface area contributed by atoms with Crippen LogP contribution in [0.3, 0.4) is 0 Å². The first kappa shape index (κ1) is 20.2. The number of ether oxygens (including phenoxy) is 3. The van der Waals surface area contributed by atoms with Crippen LogP contribution in [0.2, 0.25) is 0 Å². The molecule has 0 aromatic heterocycles. The van der Waals surface area contributed by atoms with Crippen LogP contribution in [0.4, 0.5) is 0 Å². The zero-order valence-corrected chi connectivity index (χ0v) is 17.2. The monoisotopic (exact) mass is 340 g/mol. The van der Waals surface area contributed by atoms with Crippen molar-refractivity contribution in [3.05, 3.63) is 12.3 Å². The number of hydrogen-bond acceptors (Lipinski definition) is 6. The van der Waals surface area contributed by atoms with Crippen molar-refractivity contribution in [1.29, 1.82) is 0 Å². The third kappa shape index (κ3) is 7.81. The van der Waals surface area contributed by atoms with E-state index in [-0.39, 0.29) is 0 Å². The molecule has 1 atom stereocenters. The van der Waals surface area contributed by atoms with Crippen molar-refractivity contribution < 1.29 is 27.5 Å². The Hall–Kier alpha value is 0.151. The summed E-state index contributed by atoms with van der Waals surface area (Å²) in [6.07, 6.45) is 0. The average Bonchev–Trinajstić information content (AvgIpc) is 2.46. The van der Waals surface area contributed by atoms with Crippen LogP contribution in [0, 0.1) is 0 Å². The standard InChI is InChI=1S/C11H28O6Si3/c1-5-19(18)20(15-9-6-12-2,16-10-7-13-3)17-11-8-14-4/h5,19H,1,6-11H2,2-4,18H3. The van der Waals surface area contributed by atoms with E-state index >= 15 is 0 Å². The quantitative estimate of drug-likeness (QED) is 0.293. The summed E-state index contributed by atoms with van der Waals surface area (Å²) in [5.74, 6) is 0. The van der Waals surface area contributed by atoms with Crippen molar-refractivity contribution >= 4 is 25.9 Å². The first-order valence-corrected chi connectivity index (χ1v) is 15.5. The van der Waals surface area contributed by atoms with Gasteiger partial charge in [-0.25, -0.2) is 0 Å². The molecule has 0 N–H and O–H groups in total. The molecule has 0 radical (unpaired) electrons. The molecule has 0 bridgehead atoms. The fourth-order valence-corrected chi connectivity index (χ4v) is 12.7. The Labute approximate surface area is 127 Å². The van der Waals surface area contributed by atoms with Gasteiger partial charge in [-0.15, -0.1) is 12.3 Å². The second-order valence-corrected chi connectivity index (χ2v) is 20.3. The van der Waals surface area contributed by atoms with E-state index in [1.165, 1.54) is 0 Å². The van der Waals surface area contributed by atoms with E-state index in [2.05, 4.69) is 6.58 Å². The third-order valence-corrected chi connectivity index (χ3v) is 19.7. The lowest BCUT2D eigenvalue weighted by Gasteiger charge is -2.32. The highest BCUT2D eigenvalue weighted by molar-refractivity contribution is 7.44. The molecule has 6 nitrogen and oxygen atoms in total. The smallest absolute Gasteiger partial charge is 0.382 e. The predicted molar refractivity (Wildman–Crippen MR) is 86.5 cm³/mol. The fourth-order valence-electron chi connectivity index (χ4n) is 1.47. The van der Waals surface area contributed by atoms with Gasteiger partial charge in [0, 0.05) is 31.1 Å². The van der Waals surface area contributed by atoms with Crippen molar-refractivity contribution in [2.45, 2.75) is 0 Å². The normalized spacial score (nSPS) is 13.6. The molecule has 0 aliphatic carbocycles. The molecule has 0 fully saturated rings. The molecule has 0 aromatic rings. The lowest BCUT2D eigenvalue weighted by molar-refractivity contribution is 0.0289. The second-order valence-electron chi connectivity index (χ2n) is 4.15. The molecule has 0 amide bonds. The summed E-state index contributed by atoms with van der Waals surface area (Å²) in [5.41, 5.74) is 1.99. The van der Waals surface area contributed by atoms with Crippen molar-refractivity contribution in [3.8, 4) is 0 Å². The molecule has 120 valence electrons. The molecule has 9 heteroatoms. The van der Waals surface area contributed by atoms with Crippen molar-refractivity contribution in [3.63, 3.8) is 0 Å². The molecule has 20 heavy (non-hydrogen) atoms. The maximum atomic E-state index is 6.00. The molecule has 1 unspecified atom stereocenters. The topological polar surface area (TPSA) is 55.4 Å². The van der Waals surface area contributed by atoms with Crippen LogP contribution in [0.5, 0.6) is 0 Å². The van der Waals surface area contributed by atoms with Gasteiger partial charge in [0.2, 0.25) is 0 Å². The Kier molecular flexibility index (Phi) is 13.0. The highest BCUT2D eigenvalue weighted by atomic mass is 29.6. The molecule has 0 aromatic carbocycles. The molecular formula is C11H28O6Si3. The first-order chi connectivity index (χ1) is 9.66. The minimum absolute atomic E-state index is 0.474. The van der Waals surface area contributed by atoms with Crippen molar-refractivity contribution in [2.75, 3.05) is 61.0 Å². The Morgan fingerprint density at radius 1 is 0.850 bits per heavy atom.